The molecular weight excluding hydrogens is 246 g/mol. The molecule has 0 bridgehead atoms. The molecule has 0 heterocycles. The molecule has 0 aliphatic rings. The van der Waals surface area contributed by atoms with Crippen molar-refractivity contribution in [3.63, 3.8) is 0 Å². The molecule has 0 spiro atoms. The van der Waals surface area contributed by atoms with Crippen LogP contribution in [0.5, 0.6) is 0 Å². The fourth-order valence-corrected chi connectivity index (χ4v) is 2.56. The van der Waals surface area contributed by atoms with Gasteiger partial charge in [0, 0.05) is 36.0 Å². The third-order valence-corrected chi connectivity index (χ3v) is 3.85. The molecule has 1 atom stereocenters. The van der Waals surface area contributed by atoms with E-state index in [9.17, 15) is 4.21 Å². The molecule has 1 aromatic carbocycles. The van der Waals surface area contributed by atoms with Crippen molar-refractivity contribution >= 4 is 28.1 Å². The highest BCUT2D eigenvalue weighted by Crippen LogP contribution is 2.20. The predicted octanol–water partition coefficient (Wildman–Crippen LogP) is 2.21. The normalized spacial score (nSPS) is 12.6. The van der Waals surface area contributed by atoms with Crippen LogP contribution in [0.25, 0.3) is 0 Å². The van der Waals surface area contributed by atoms with Crippen molar-refractivity contribution in [2.24, 2.45) is 0 Å². The van der Waals surface area contributed by atoms with Gasteiger partial charge in [0.05, 0.1) is 10.7 Å². The number of benzene rings is 1. The maximum absolute atomic E-state index is 11.7. The van der Waals surface area contributed by atoms with Crippen LogP contribution in [0, 0.1) is 0 Å². The summed E-state index contributed by atoms with van der Waals surface area (Å²) in [7, 11) is 0.776. The highest BCUT2D eigenvalue weighted by Gasteiger charge is 2.03. The standard InChI is InChI=1S/C11H16ClNO2S/c1-15-5-2-6-16(14)8-9-3-4-10(12)11(13)7-9/h3-4,7H,2,5-6,8,13H2,1H3. The van der Waals surface area contributed by atoms with Gasteiger partial charge in [0.2, 0.25) is 0 Å². The minimum atomic E-state index is -0.866. The van der Waals surface area contributed by atoms with Gasteiger partial charge in [0.25, 0.3) is 0 Å². The van der Waals surface area contributed by atoms with Crippen LogP contribution in [-0.4, -0.2) is 23.7 Å². The fourth-order valence-electron chi connectivity index (χ4n) is 1.31. The van der Waals surface area contributed by atoms with Crippen molar-refractivity contribution in [2.45, 2.75) is 12.2 Å². The van der Waals surface area contributed by atoms with Crippen LogP contribution in [0.1, 0.15) is 12.0 Å². The number of methoxy groups -OCH3 is 1. The lowest BCUT2D eigenvalue weighted by Crippen LogP contribution is -2.04. The third kappa shape index (κ3) is 4.51. The Kier molecular flexibility index (Phi) is 5.80. The predicted molar refractivity (Wildman–Crippen MR) is 69.1 cm³/mol. The molecular formula is C11H16ClNO2S. The van der Waals surface area contributed by atoms with Gasteiger partial charge in [0.15, 0.2) is 0 Å². The molecule has 16 heavy (non-hydrogen) atoms. The van der Waals surface area contributed by atoms with E-state index in [1.54, 1.807) is 19.2 Å². The zero-order valence-electron chi connectivity index (χ0n) is 9.24. The van der Waals surface area contributed by atoms with E-state index in [1.807, 2.05) is 6.07 Å². The lowest BCUT2D eigenvalue weighted by atomic mass is 10.2. The molecule has 3 nitrogen and oxygen atoms in total. The minimum absolute atomic E-state index is 0.519. The minimum Gasteiger partial charge on any atom is -0.398 e. The number of hydrogen-bond acceptors (Lipinski definition) is 3. The molecule has 0 fully saturated rings. The third-order valence-electron chi connectivity index (χ3n) is 2.11. The second-order valence-electron chi connectivity index (χ2n) is 3.49. The second kappa shape index (κ2) is 6.89. The summed E-state index contributed by atoms with van der Waals surface area (Å²) >= 11 is 5.80. The van der Waals surface area contributed by atoms with E-state index < -0.39 is 10.8 Å². The van der Waals surface area contributed by atoms with Gasteiger partial charge in [-0.2, -0.15) is 0 Å². The summed E-state index contributed by atoms with van der Waals surface area (Å²) in [6, 6.07) is 5.36. The maximum atomic E-state index is 11.7. The molecule has 0 aliphatic heterocycles. The second-order valence-corrected chi connectivity index (χ2v) is 5.47. The number of hydrogen-bond donors (Lipinski definition) is 1. The lowest BCUT2D eigenvalue weighted by molar-refractivity contribution is 0.200. The number of ether oxygens (including phenoxy) is 1. The number of nitrogens with two attached hydrogens (primary N) is 1. The molecule has 5 heteroatoms. The van der Waals surface area contributed by atoms with Crippen molar-refractivity contribution < 1.29 is 8.95 Å². The first kappa shape index (κ1) is 13.5. The van der Waals surface area contributed by atoms with Gasteiger partial charge in [0.1, 0.15) is 0 Å². The van der Waals surface area contributed by atoms with Gasteiger partial charge >= 0.3 is 0 Å². The maximum Gasteiger partial charge on any atom is 0.0635 e. The molecule has 0 aliphatic carbocycles. The van der Waals surface area contributed by atoms with Crippen LogP contribution >= 0.6 is 11.6 Å². The fraction of sp³-hybridized carbons (Fsp3) is 0.455. The molecule has 90 valence electrons. The Labute approximate surface area is 103 Å². The summed E-state index contributed by atoms with van der Waals surface area (Å²) in [6.07, 6.45) is 0.812. The first-order chi connectivity index (χ1) is 7.63. The van der Waals surface area contributed by atoms with Gasteiger partial charge in [-0.3, -0.25) is 4.21 Å². The molecule has 0 saturated heterocycles. The zero-order valence-corrected chi connectivity index (χ0v) is 10.8. The number of rotatable bonds is 6. The lowest BCUT2D eigenvalue weighted by Gasteiger charge is -2.04. The quantitative estimate of drug-likeness (QED) is 0.631. The molecule has 0 amide bonds. The van der Waals surface area contributed by atoms with Crippen molar-refractivity contribution in [2.75, 3.05) is 25.2 Å². The molecule has 1 rings (SSSR count). The van der Waals surface area contributed by atoms with Crippen LogP contribution in [0.2, 0.25) is 5.02 Å². The molecule has 2 N–H and O–H groups in total. The van der Waals surface area contributed by atoms with Crippen LogP contribution in [0.3, 0.4) is 0 Å². The van der Waals surface area contributed by atoms with Crippen LogP contribution in [0.15, 0.2) is 18.2 Å². The Morgan fingerprint density at radius 3 is 2.88 bits per heavy atom. The SMILES string of the molecule is COCCCS(=O)Cc1ccc(Cl)c(N)c1. The largest absolute Gasteiger partial charge is 0.398 e. The summed E-state index contributed by atoms with van der Waals surface area (Å²) in [6.45, 7) is 0.647. The van der Waals surface area contributed by atoms with Gasteiger partial charge in [-0.05, 0) is 24.1 Å². The van der Waals surface area contributed by atoms with Crippen molar-refractivity contribution in [1.82, 2.24) is 0 Å². The molecule has 0 radical (unpaired) electrons. The number of nitrogen functional groups attached to an aromatic ring is 1. The topological polar surface area (TPSA) is 52.3 Å². The van der Waals surface area contributed by atoms with Crippen molar-refractivity contribution in [1.29, 1.82) is 0 Å². The average Bonchev–Trinajstić information content (AvgIpc) is 2.24. The average molecular weight is 262 g/mol. The molecule has 0 aromatic heterocycles. The molecule has 0 saturated carbocycles. The molecule has 1 aromatic rings. The number of halogens is 1. The highest BCUT2D eigenvalue weighted by atomic mass is 35.5. The van der Waals surface area contributed by atoms with Crippen molar-refractivity contribution in [3.8, 4) is 0 Å². The Morgan fingerprint density at radius 1 is 1.50 bits per heavy atom. The van der Waals surface area contributed by atoms with E-state index in [4.69, 9.17) is 22.1 Å². The van der Waals surface area contributed by atoms with E-state index in [-0.39, 0.29) is 0 Å². The van der Waals surface area contributed by atoms with Crippen LogP contribution in [0.4, 0.5) is 5.69 Å². The Hall–Kier alpha value is -0.580. The van der Waals surface area contributed by atoms with Gasteiger partial charge < -0.3 is 10.5 Å². The van der Waals surface area contributed by atoms with E-state index in [0.29, 0.717) is 28.8 Å². The monoisotopic (exact) mass is 261 g/mol. The van der Waals surface area contributed by atoms with Gasteiger partial charge in [-0.1, -0.05) is 17.7 Å². The Balaban J connectivity index is 2.46. The Bertz CT molecular complexity index is 371. The van der Waals surface area contributed by atoms with Gasteiger partial charge in [-0.25, -0.2) is 0 Å². The van der Waals surface area contributed by atoms with E-state index in [2.05, 4.69) is 0 Å². The first-order valence-corrected chi connectivity index (χ1v) is 6.88. The number of anilines is 1. The first-order valence-electron chi connectivity index (χ1n) is 5.01. The van der Waals surface area contributed by atoms with Gasteiger partial charge in [-0.15, -0.1) is 0 Å². The van der Waals surface area contributed by atoms with E-state index >= 15 is 0 Å². The zero-order chi connectivity index (χ0) is 12.0. The summed E-state index contributed by atoms with van der Waals surface area (Å²) < 4.78 is 16.6. The highest BCUT2D eigenvalue weighted by molar-refractivity contribution is 7.84. The summed E-state index contributed by atoms with van der Waals surface area (Å²) in [5.74, 6) is 1.17. The summed E-state index contributed by atoms with van der Waals surface area (Å²) in [5, 5.41) is 0.536. The van der Waals surface area contributed by atoms with E-state index in [1.165, 1.54) is 0 Å². The van der Waals surface area contributed by atoms with Crippen LogP contribution in [-0.2, 0) is 21.3 Å². The van der Waals surface area contributed by atoms with Crippen LogP contribution < -0.4 is 5.73 Å². The Morgan fingerprint density at radius 2 is 2.25 bits per heavy atom. The molecule has 1 unspecified atom stereocenters. The smallest absolute Gasteiger partial charge is 0.0635 e. The summed E-state index contributed by atoms with van der Waals surface area (Å²) in [5.41, 5.74) is 7.16. The van der Waals surface area contributed by atoms with Crippen molar-refractivity contribution in [3.05, 3.63) is 28.8 Å². The van der Waals surface area contributed by atoms with E-state index in [0.717, 1.165) is 12.0 Å². The summed E-state index contributed by atoms with van der Waals surface area (Å²) in [4.78, 5) is 0.